The lowest BCUT2D eigenvalue weighted by molar-refractivity contribution is -0.145. The van der Waals surface area contributed by atoms with E-state index in [1.165, 1.54) is 13.5 Å². The van der Waals surface area contributed by atoms with Crippen molar-refractivity contribution in [2.24, 2.45) is 17.8 Å². The zero-order chi connectivity index (χ0) is 22.0. The van der Waals surface area contributed by atoms with Crippen molar-refractivity contribution in [3.8, 4) is 0 Å². The number of ether oxygens (including phenoxy) is 2. The van der Waals surface area contributed by atoms with Crippen LogP contribution in [0.2, 0.25) is 0 Å². The Morgan fingerprint density at radius 2 is 1.76 bits per heavy atom. The van der Waals surface area contributed by atoms with Gasteiger partial charge in [-0.05, 0) is 45.4 Å². The molecule has 1 aliphatic rings. The largest absolute Gasteiger partial charge is 0.469 e. The van der Waals surface area contributed by atoms with E-state index in [4.69, 9.17) is 14.0 Å². The van der Waals surface area contributed by atoms with E-state index in [1.807, 2.05) is 13.8 Å². The van der Waals surface area contributed by atoms with E-state index < -0.39 is 31.9 Å². The van der Waals surface area contributed by atoms with Crippen LogP contribution < -0.4 is 5.32 Å². The topological polar surface area (TPSA) is 90.9 Å². The molecule has 0 aromatic heterocycles. The molecule has 3 atom stereocenters. The average Bonchev–Trinajstić information content (AvgIpc) is 2.59. The van der Waals surface area contributed by atoms with E-state index >= 15 is 0 Å². The third-order valence-electron chi connectivity index (χ3n) is 4.93. The molecule has 1 amide bonds. The van der Waals surface area contributed by atoms with Crippen LogP contribution >= 0.6 is 8.03 Å². The molecule has 1 N–H and O–H groups in total. The molecule has 170 valence electrons. The van der Waals surface area contributed by atoms with E-state index in [9.17, 15) is 14.2 Å². The predicted octanol–water partition coefficient (Wildman–Crippen LogP) is 5.13. The Labute approximate surface area is 176 Å². The molecule has 1 saturated carbocycles. The van der Waals surface area contributed by atoms with Crippen LogP contribution in [0.1, 0.15) is 79.6 Å². The molecule has 0 aromatic carbocycles. The van der Waals surface area contributed by atoms with Gasteiger partial charge in [0.15, 0.2) is 8.03 Å². The van der Waals surface area contributed by atoms with Gasteiger partial charge < -0.3 is 14.0 Å². The highest BCUT2D eigenvalue weighted by atomic mass is 31.1. The van der Waals surface area contributed by atoms with Gasteiger partial charge in [-0.25, -0.2) is 4.79 Å². The first-order valence-corrected chi connectivity index (χ1v) is 12.3. The van der Waals surface area contributed by atoms with E-state index in [1.54, 1.807) is 20.8 Å². The van der Waals surface area contributed by atoms with Crippen molar-refractivity contribution in [1.29, 1.82) is 0 Å². The van der Waals surface area contributed by atoms with Crippen molar-refractivity contribution in [1.82, 2.24) is 5.32 Å². The van der Waals surface area contributed by atoms with Crippen LogP contribution in [-0.2, 0) is 23.4 Å². The Balaban J connectivity index is 2.75. The molecule has 0 bridgehead atoms. The quantitative estimate of drug-likeness (QED) is 0.292. The summed E-state index contributed by atoms with van der Waals surface area (Å²) >= 11 is 0. The van der Waals surface area contributed by atoms with Gasteiger partial charge in [0.25, 0.3) is 0 Å². The van der Waals surface area contributed by atoms with Crippen LogP contribution in [0.15, 0.2) is 0 Å². The summed E-state index contributed by atoms with van der Waals surface area (Å²) in [6.45, 7) is 9.38. The van der Waals surface area contributed by atoms with E-state index in [0.29, 0.717) is 18.8 Å². The lowest BCUT2D eigenvalue weighted by Crippen LogP contribution is -2.41. The molecule has 0 heterocycles. The number of hydrogen-bond donors (Lipinski definition) is 1. The fraction of sp³-hybridized carbons (Fsp3) is 0.905. The summed E-state index contributed by atoms with van der Waals surface area (Å²) in [7, 11) is -1.21. The monoisotopic (exact) mass is 433 g/mol. The first-order valence-electron chi connectivity index (χ1n) is 10.8. The van der Waals surface area contributed by atoms with Crippen molar-refractivity contribution in [3.63, 3.8) is 0 Å². The van der Waals surface area contributed by atoms with Crippen LogP contribution in [0.25, 0.3) is 0 Å². The van der Waals surface area contributed by atoms with Gasteiger partial charge in [-0.15, -0.1) is 0 Å². The highest BCUT2D eigenvalue weighted by molar-refractivity contribution is 7.39. The first kappa shape index (κ1) is 26.0. The molecular weight excluding hydrogens is 393 g/mol. The third kappa shape index (κ3) is 11.6. The molecule has 0 radical (unpaired) electrons. The lowest BCUT2D eigenvalue weighted by Gasteiger charge is -2.28. The second-order valence-corrected chi connectivity index (χ2v) is 10.8. The maximum Gasteiger partial charge on any atom is 0.409 e. The molecule has 1 fully saturated rings. The number of methoxy groups -OCH3 is 1. The van der Waals surface area contributed by atoms with Gasteiger partial charge in [0.1, 0.15) is 11.8 Å². The van der Waals surface area contributed by atoms with Gasteiger partial charge in [-0.2, -0.15) is 0 Å². The summed E-state index contributed by atoms with van der Waals surface area (Å²) < 4.78 is 28.7. The predicted molar refractivity (Wildman–Crippen MR) is 114 cm³/mol. The van der Waals surface area contributed by atoms with Crippen LogP contribution in [0.3, 0.4) is 0 Å². The minimum absolute atomic E-state index is 0.118. The molecule has 0 aromatic rings. The van der Waals surface area contributed by atoms with Crippen LogP contribution in [-0.4, -0.2) is 37.2 Å². The molecule has 3 unspecified atom stereocenters. The fourth-order valence-corrected chi connectivity index (χ4v) is 5.01. The maximum atomic E-state index is 12.7. The number of nitrogens with one attached hydrogen (secondary N) is 1. The van der Waals surface area contributed by atoms with Crippen molar-refractivity contribution in [2.75, 3.05) is 13.3 Å². The molecule has 0 aliphatic heterocycles. The van der Waals surface area contributed by atoms with Crippen LogP contribution in [0, 0.1) is 17.8 Å². The molecular formula is C21H40NO6P. The molecule has 29 heavy (non-hydrogen) atoms. The molecule has 7 nitrogen and oxygen atoms in total. The van der Waals surface area contributed by atoms with Gasteiger partial charge in [-0.1, -0.05) is 46.0 Å². The van der Waals surface area contributed by atoms with Gasteiger partial charge in [0.2, 0.25) is 0 Å². The summed E-state index contributed by atoms with van der Waals surface area (Å²) in [6, 6.07) is 0. The fourth-order valence-electron chi connectivity index (χ4n) is 3.71. The van der Waals surface area contributed by atoms with Crippen molar-refractivity contribution < 1.29 is 28.2 Å². The second-order valence-electron chi connectivity index (χ2n) is 9.42. The summed E-state index contributed by atoms with van der Waals surface area (Å²) in [6.07, 6.45) is 5.75. The zero-order valence-electron chi connectivity index (χ0n) is 18.9. The van der Waals surface area contributed by atoms with Crippen LogP contribution in [0.5, 0.6) is 0 Å². The Bertz CT molecular complexity index is 540. The van der Waals surface area contributed by atoms with Crippen molar-refractivity contribution in [2.45, 2.75) is 91.4 Å². The number of carbonyl (C=O) groups excluding carboxylic acids is 2. The Morgan fingerprint density at radius 1 is 1.14 bits per heavy atom. The summed E-state index contributed by atoms with van der Waals surface area (Å²) in [5.74, 6) is -0.148. The number of alkyl carbamates (subject to hydrolysis) is 1. The Hall–Kier alpha value is -1.07. The van der Waals surface area contributed by atoms with Crippen molar-refractivity contribution >= 4 is 20.1 Å². The standard InChI is InChI=1S/C21H40NO6P/c1-15(2)12-17(19(23)26-6)14-29(25)28-18(13-16-10-8-7-9-11-16)22-20(24)27-21(3,4)5/h15-18,29H,7-14H2,1-6H3,(H,22,24). The number of rotatable bonds is 10. The highest BCUT2D eigenvalue weighted by Crippen LogP contribution is 2.34. The lowest BCUT2D eigenvalue weighted by atomic mass is 9.86. The Morgan fingerprint density at radius 3 is 2.28 bits per heavy atom. The SMILES string of the molecule is COC(=O)C(CC(C)C)C[PH](=O)OC(CC1CCCCC1)NC(=O)OC(C)(C)C. The smallest absolute Gasteiger partial charge is 0.409 e. The van der Waals surface area contributed by atoms with E-state index in [-0.39, 0.29) is 18.0 Å². The summed E-state index contributed by atoms with van der Waals surface area (Å²) in [5.41, 5.74) is -0.627. The highest BCUT2D eigenvalue weighted by Gasteiger charge is 2.28. The van der Waals surface area contributed by atoms with Gasteiger partial charge >= 0.3 is 12.1 Å². The van der Waals surface area contributed by atoms with Gasteiger partial charge in [0.05, 0.1) is 13.0 Å². The average molecular weight is 434 g/mol. The van der Waals surface area contributed by atoms with E-state index in [0.717, 1.165) is 25.7 Å². The Kier molecular flexibility index (Phi) is 11.3. The zero-order valence-corrected chi connectivity index (χ0v) is 19.9. The first-order chi connectivity index (χ1) is 13.5. The van der Waals surface area contributed by atoms with E-state index in [2.05, 4.69) is 5.32 Å². The van der Waals surface area contributed by atoms with Crippen LogP contribution in [0.4, 0.5) is 4.79 Å². The number of hydrogen-bond acceptors (Lipinski definition) is 6. The van der Waals surface area contributed by atoms with Crippen molar-refractivity contribution in [3.05, 3.63) is 0 Å². The summed E-state index contributed by atoms with van der Waals surface area (Å²) in [5, 5.41) is 2.73. The minimum atomic E-state index is -2.55. The number of amides is 1. The third-order valence-corrected chi connectivity index (χ3v) is 6.30. The van der Waals surface area contributed by atoms with Gasteiger partial charge in [-0.3, -0.25) is 14.7 Å². The molecule has 8 heteroatoms. The second kappa shape index (κ2) is 12.6. The minimum Gasteiger partial charge on any atom is -0.469 e. The summed E-state index contributed by atoms with van der Waals surface area (Å²) in [4.78, 5) is 24.3. The molecule has 0 spiro atoms. The normalized spacial score (nSPS) is 18.7. The molecule has 0 saturated heterocycles. The molecule has 1 aliphatic carbocycles. The maximum absolute atomic E-state index is 12.7. The number of carbonyl (C=O) groups is 2. The van der Waals surface area contributed by atoms with Gasteiger partial charge in [0, 0.05) is 6.16 Å². The number of esters is 1. The molecule has 1 rings (SSSR count).